The monoisotopic (exact) mass is 655 g/mol. The summed E-state index contributed by atoms with van der Waals surface area (Å²) in [6.07, 6.45) is 5.73. The Morgan fingerprint density at radius 3 is 2.00 bits per heavy atom. The molecule has 3 atom stereocenters. The Kier molecular flexibility index (Phi) is 8.59. The van der Waals surface area contributed by atoms with E-state index in [1.54, 1.807) is 20.7 Å². The molecular formula is C37H47N6O5+. The number of hydrazine groups is 1. The Bertz CT molecular complexity index is 1720. The molecule has 0 saturated carbocycles. The van der Waals surface area contributed by atoms with Crippen LogP contribution in [0.1, 0.15) is 91.6 Å². The number of carbonyl (C=O) groups is 3. The molecule has 11 nitrogen and oxygen atoms in total. The first kappa shape index (κ1) is 33.2. The molecule has 1 aromatic heterocycles. The standard InChI is InChI=1S/C37H46N6O5/c1-35(2,3)47-33(45)41-20-8-10-29(41)32-38-22-28(39-32)26-14-12-24(13-15-26)25-16-18-27(19-17-25)37(7)30(44)23-43(40-37)31-11-9-21-42(31)34(46)48-36(4,5)6/h12-19,22-23,29,31H,8-11,20-21H2,1-7H3,(H-,38,39,40,44)/p+1/t29-,31+,37?/m0/s1. The first-order valence-electron chi connectivity index (χ1n) is 16.8. The van der Waals surface area contributed by atoms with Crippen LogP contribution in [0.15, 0.2) is 54.7 Å². The second-order valence-corrected chi connectivity index (χ2v) is 15.1. The Labute approximate surface area is 282 Å². The minimum Gasteiger partial charge on any atom is -0.444 e. The highest BCUT2D eigenvalue weighted by Crippen LogP contribution is 2.34. The van der Waals surface area contributed by atoms with Crippen molar-refractivity contribution < 1.29 is 28.5 Å². The van der Waals surface area contributed by atoms with Crippen molar-refractivity contribution in [2.45, 2.75) is 103 Å². The van der Waals surface area contributed by atoms with Gasteiger partial charge in [0.05, 0.1) is 17.9 Å². The fourth-order valence-corrected chi connectivity index (χ4v) is 6.62. The van der Waals surface area contributed by atoms with E-state index in [1.807, 2.05) is 78.9 Å². The van der Waals surface area contributed by atoms with Gasteiger partial charge in [-0.15, -0.1) is 0 Å². The van der Waals surface area contributed by atoms with Crippen LogP contribution in [-0.4, -0.2) is 79.1 Å². The Balaban J connectivity index is 1.12. The Morgan fingerprint density at radius 2 is 1.38 bits per heavy atom. The molecule has 4 heterocycles. The van der Waals surface area contributed by atoms with Crippen molar-refractivity contribution in [1.82, 2.24) is 25.2 Å². The molecule has 3 aromatic rings. The number of nitrogens with zero attached hydrogens (tertiary/aromatic N) is 4. The number of rotatable bonds is 5. The molecule has 2 N–H and O–H groups in total. The van der Waals surface area contributed by atoms with E-state index in [4.69, 9.17) is 9.47 Å². The van der Waals surface area contributed by atoms with Crippen molar-refractivity contribution in [3.63, 3.8) is 0 Å². The van der Waals surface area contributed by atoms with Crippen molar-refractivity contribution in [3.8, 4) is 22.4 Å². The number of hydrogen-bond acceptors (Lipinski definition) is 7. The molecule has 0 aliphatic carbocycles. The highest BCUT2D eigenvalue weighted by atomic mass is 16.6. The van der Waals surface area contributed by atoms with Crippen molar-refractivity contribution in [2.24, 2.45) is 0 Å². The zero-order valence-corrected chi connectivity index (χ0v) is 29.0. The van der Waals surface area contributed by atoms with E-state index in [1.165, 1.54) is 0 Å². The van der Waals surface area contributed by atoms with Crippen molar-refractivity contribution >= 4 is 24.2 Å². The minimum absolute atomic E-state index is 0.0682. The second-order valence-electron chi connectivity index (χ2n) is 15.1. The number of ether oxygens (including phenoxy) is 2. The van der Waals surface area contributed by atoms with E-state index < -0.39 is 16.7 Å². The summed E-state index contributed by atoms with van der Waals surface area (Å²) in [5.41, 5.74) is 6.07. The van der Waals surface area contributed by atoms with Crippen LogP contribution < -0.4 is 5.43 Å². The molecule has 3 aliphatic heterocycles. The third-order valence-corrected chi connectivity index (χ3v) is 9.06. The molecule has 0 radical (unpaired) electrons. The number of imidazole rings is 1. The first-order chi connectivity index (χ1) is 22.6. The summed E-state index contributed by atoms with van der Waals surface area (Å²) < 4.78 is 13.0. The van der Waals surface area contributed by atoms with E-state index in [2.05, 4.69) is 39.7 Å². The van der Waals surface area contributed by atoms with E-state index in [0.717, 1.165) is 59.5 Å². The van der Waals surface area contributed by atoms with Gasteiger partial charge in [0, 0.05) is 19.5 Å². The lowest BCUT2D eigenvalue weighted by molar-refractivity contribution is -0.635. The molecule has 2 aromatic carbocycles. The number of nitrogens with one attached hydrogen (secondary N) is 2. The van der Waals surface area contributed by atoms with E-state index in [-0.39, 0.29) is 30.2 Å². The highest BCUT2D eigenvalue weighted by molar-refractivity contribution is 6.30. The summed E-state index contributed by atoms with van der Waals surface area (Å²) in [6.45, 7) is 14.3. The lowest BCUT2D eigenvalue weighted by Gasteiger charge is -2.27. The molecule has 2 amide bonds. The van der Waals surface area contributed by atoms with Gasteiger partial charge in [-0.3, -0.25) is 9.69 Å². The number of aromatic nitrogens is 2. The summed E-state index contributed by atoms with van der Waals surface area (Å²) in [5.74, 6) is 0.694. The highest BCUT2D eigenvalue weighted by Gasteiger charge is 2.50. The van der Waals surface area contributed by atoms with E-state index in [0.29, 0.717) is 13.1 Å². The number of likely N-dealkylation sites (tertiary alicyclic amines) is 2. The molecule has 6 rings (SSSR count). The predicted octanol–water partition coefficient (Wildman–Crippen LogP) is 6.56. The van der Waals surface area contributed by atoms with Gasteiger partial charge in [0.15, 0.2) is 5.54 Å². The van der Waals surface area contributed by atoms with Crippen molar-refractivity contribution in [1.29, 1.82) is 0 Å². The molecule has 254 valence electrons. The third-order valence-electron chi connectivity index (χ3n) is 9.06. The number of hydrogen-bond donors (Lipinski definition) is 2. The summed E-state index contributed by atoms with van der Waals surface area (Å²) >= 11 is 0. The zero-order valence-electron chi connectivity index (χ0n) is 29.0. The largest absolute Gasteiger partial charge is 0.444 e. The van der Waals surface area contributed by atoms with Gasteiger partial charge < -0.3 is 14.5 Å². The quantitative estimate of drug-likeness (QED) is 0.299. The van der Waals surface area contributed by atoms with Crippen molar-refractivity contribution in [3.05, 3.63) is 66.1 Å². The molecule has 2 saturated heterocycles. The fraction of sp³-hybridized carbons (Fsp3) is 0.486. The van der Waals surface area contributed by atoms with Crippen molar-refractivity contribution in [2.75, 3.05) is 13.1 Å². The number of benzene rings is 2. The molecule has 11 heteroatoms. The smallest absolute Gasteiger partial charge is 0.415 e. The van der Waals surface area contributed by atoms with Gasteiger partial charge in [-0.1, -0.05) is 53.2 Å². The lowest BCUT2D eigenvalue weighted by atomic mass is 9.88. The van der Waals surface area contributed by atoms with Gasteiger partial charge in [0.25, 0.3) is 11.9 Å². The van der Waals surface area contributed by atoms with E-state index >= 15 is 0 Å². The molecule has 1 unspecified atom stereocenters. The van der Waals surface area contributed by atoms with Crippen LogP contribution in [-0.2, 0) is 19.8 Å². The van der Waals surface area contributed by atoms with Crippen LogP contribution in [0.3, 0.4) is 0 Å². The molecular weight excluding hydrogens is 608 g/mol. The molecule has 0 bridgehead atoms. The van der Waals surface area contributed by atoms with Gasteiger partial charge in [0.1, 0.15) is 17.0 Å². The number of H-pyrrole nitrogens is 1. The van der Waals surface area contributed by atoms with Gasteiger partial charge in [0.2, 0.25) is 6.21 Å². The summed E-state index contributed by atoms with van der Waals surface area (Å²) in [4.78, 5) is 50.5. The van der Waals surface area contributed by atoms with Crippen LogP contribution >= 0.6 is 0 Å². The summed E-state index contributed by atoms with van der Waals surface area (Å²) in [7, 11) is 0. The first-order valence-corrected chi connectivity index (χ1v) is 16.8. The number of hydrazone groups is 1. The number of carbonyl (C=O) groups excluding carboxylic acids is 3. The Hall–Kier alpha value is -4.67. The van der Waals surface area contributed by atoms with Gasteiger partial charge in [-0.2, -0.15) is 5.43 Å². The maximum atomic E-state index is 13.4. The molecule has 3 aliphatic rings. The maximum Gasteiger partial charge on any atom is 0.415 e. The average molecular weight is 656 g/mol. The van der Waals surface area contributed by atoms with Gasteiger partial charge >= 0.3 is 12.2 Å². The average Bonchev–Trinajstić information content (AvgIpc) is 3.82. The van der Waals surface area contributed by atoms with E-state index in [9.17, 15) is 14.4 Å². The maximum absolute atomic E-state index is 13.4. The number of Topliss-reactive ketones (excluding diaryl/α,β-unsaturated/α-hetero) is 1. The minimum atomic E-state index is -0.957. The molecule has 48 heavy (non-hydrogen) atoms. The van der Waals surface area contributed by atoms with Crippen LogP contribution in [0.5, 0.6) is 0 Å². The molecule has 0 spiro atoms. The normalized spacial score (nSPS) is 22.9. The Morgan fingerprint density at radius 1 is 0.833 bits per heavy atom. The fourth-order valence-electron chi connectivity index (χ4n) is 6.62. The number of amides is 2. The van der Waals surface area contributed by atoms with Crippen LogP contribution in [0, 0.1) is 0 Å². The third kappa shape index (κ3) is 6.81. The zero-order chi connectivity index (χ0) is 34.4. The number of ketones is 1. The predicted molar refractivity (Wildman–Crippen MR) is 182 cm³/mol. The van der Waals surface area contributed by atoms with Gasteiger partial charge in [-0.25, -0.2) is 19.5 Å². The van der Waals surface area contributed by atoms with Crippen LogP contribution in [0.2, 0.25) is 0 Å². The molecule has 2 fully saturated rings. The second kappa shape index (κ2) is 12.4. The summed E-state index contributed by atoms with van der Waals surface area (Å²) in [5, 5.41) is 0. The topological polar surface area (TPSA) is 120 Å². The van der Waals surface area contributed by atoms with Gasteiger partial charge in [-0.05, 0) is 90.0 Å². The van der Waals surface area contributed by atoms with Crippen LogP contribution in [0.4, 0.5) is 9.59 Å². The number of aromatic amines is 1. The lowest BCUT2D eigenvalue weighted by Crippen LogP contribution is -2.51. The SMILES string of the molecule is CC(C)(C)OC(=O)N1CCC[C@H]1[N+]1=CC(=O)C(C)(c2ccc(-c3ccc(-c4cnc([C@@H]5CCCN5C(=O)OC(C)(C)C)[nH]4)cc3)cc2)N1. The van der Waals surface area contributed by atoms with Crippen LogP contribution in [0.25, 0.3) is 22.4 Å². The summed E-state index contributed by atoms with van der Waals surface area (Å²) in [6, 6.07) is 16.1.